The molecule has 46 heavy (non-hydrogen) atoms. The highest BCUT2D eigenvalue weighted by molar-refractivity contribution is 7.86. The Kier molecular flexibility index (Phi) is 5.85. The highest BCUT2D eigenvalue weighted by Crippen LogP contribution is 2.57. The molecule has 232 valence electrons. The Morgan fingerprint density at radius 3 is 2.07 bits per heavy atom. The van der Waals surface area contributed by atoms with Crippen molar-refractivity contribution in [2.45, 2.75) is 47.6 Å². The SMILES string of the molecule is O=C(OC1C2OC(=O)C3C2OC1C3C(=O)Oc1ccc(S(=O)(=O)[O-])c2ccccc12)C1CC2c3ccccc3C1c1ccccc12. The number of fused-ring (bicyclic) bond motifs is 3. The summed E-state index contributed by atoms with van der Waals surface area (Å²) in [6, 6.07) is 24.8. The number of rotatable bonds is 5. The van der Waals surface area contributed by atoms with Gasteiger partial charge in [-0.15, -0.1) is 0 Å². The third-order valence-electron chi connectivity index (χ3n) is 10.4. The average molecular weight is 638 g/mol. The molecule has 10 nitrogen and oxygen atoms in total. The van der Waals surface area contributed by atoms with Crippen LogP contribution in [0.1, 0.15) is 40.5 Å². The smallest absolute Gasteiger partial charge is 0.318 e. The fourth-order valence-corrected chi connectivity index (χ4v) is 9.24. The zero-order valence-electron chi connectivity index (χ0n) is 24.0. The van der Waals surface area contributed by atoms with Crippen molar-refractivity contribution < 1.29 is 46.3 Å². The Balaban J connectivity index is 1.01. The first-order valence-corrected chi connectivity index (χ1v) is 16.5. The number of hydrogen-bond acceptors (Lipinski definition) is 10. The molecule has 7 unspecified atom stereocenters. The van der Waals surface area contributed by atoms with E-state index in [2.05, 4.69) is 24.3 Å². The fourth-order valence-electron chi connectivity index (χ4n) is 8.56. The Bertz CT molecular complexity index is 2060. The van der Waals surface area contributed by atoms with Gasteiger partial charge in [0.2, 0.25) is 0 Å². The molecule has 6 aliphatic rings. The largest absolute Gasteiger partial charge is 0.744 e. The van der Waals surface area contributed by atoms with Crippen LogP contribution in [0.3, 0.4) is 0 Å². The Morgan fingerprint density at radius 2 is 1.39 bits per heavy atom. The third-order valence-corrected chi connectivity index (χ3v) is 11.3. The monoisotopic (exact) mass is 637 g/mol. The Hall–Kier alpha value is -4.58. The molecular formula is C35H25O10S-. The lowest BCUT2D eigenvalue weighted by Gasteiger charge is -2.44. The fraction of sp³-hybridized carbons (Fsp3) is 0.286. The standard InChI is InChI=1S/C35H26O10S/c36-33(23-15-22-16-7-1-5-11-20(16)26(23)21-12-6-2-8-17(21)22)44-31-29-27(28-30(43-29)32(31)45-35(28)38)34(37)42-24-13-14-25(46(39,40)41)19-10-4-3-9-18(19)24/h1-14,22-23,26-32H,15H2,(H,39,40,41)/p-1. The lowest BCUT2D eigenvalue weighted by atomic mass is 9.59. The number of esters is 3. The van der Waals surface area contributed by atoms with Gasteiger partial charge in [0.25, 0.3) is 0 Å². The van der Waals surface area contributed by atoms with Crippen LogP contribution in [0.2, 0.25) is 0 Å². The van der Waals surface area contributed by atoms with Crippen molar-refractivity contribution in [1.82, 2.24) is 0 Å². The average Bonchev–Trinajstić information content (AvgIpc) is 3.68. The van der Waals surface area contributed by atoms with Gasteiger partial charge < -0.3 is 23.5 Å². The molecule has 7 atom stereocenters. The second-order valence-corrected chi connectivity index (χ2v) is 13.9. The van der Waals surface area contributed by atoms with Gasteiger partial charge in [0.05, 0.1) is 10.8 Å². The molecule has 0 saturated carbocycles. The summed E-state index contributed by atoms with van der Waals surface area (Å²) in [7, 11) is -4.80. The van der Waals surface area contributed by atoms with Crippen molar-refractivity contribution in [3.05, 3.63) is 107 Å². The first-order valence-electron chi connectivity index (χ1n) is 15.1. The van der Waals surface area contributed by atoms with Gasteiger partial charge in [-0.2, -0.15) is 0 Å². The molecule has 4 aromatic rings. The van der Waals surface area contributed by atoms with Crippen molar-refractivity contribution in [2.24, 2.45) is 17.8 Å². The van der Waals surface area contributed by atoms with Crippen LogP contribution in [0.5, 0.6) is 5.75 Å². The van der Waals surface area contributed by atoms with E-state index in [4.69, 9.17) is 18.9 Å². The second-order valence-electron chi connectivity index (χ2n) is 12.5. The lowest BCUT2D eigenvalue weighted by molar-refractivity contribution is -0.167. The number of hydrogen-bond donors (Lipinski definition) is 0. The minimum Gasteiger partial charge on any atom is -0.744 e. The number of carbonyl (C=O) groups is 3. The van der Waals surface area contributed by atoms with Gasteiger partial charge in [-0.25, -0.2) is 8.42 Å². The van der Waals surface area contributed by atoms with Gasteiger partial charge >= 0.3 is 17.9 Å². The van der Waals surface area contributed by atoms with E-state index in [1.807, 2.05) is 24.3 Å². The summed E-state index contributed by atoms with van der Waals surface area (Å²) in [5.74, 6) is -4.55. The number of ether oxygens (including phenoxy) is 4. The van der Waals surface area contributed by atoms with Gasteiger partial charge in [-0.1, -0.05) is 72.8 Å². The highest BCUT2D eigenvalue weighted by atomic mass is 32.2. The van der Waals surface area contributed by atoms with Crippen LogP contribution >= 0.6 is 0 Å². The van der Waals surface area contributed by atoms with E-state index in [-0.39, 0.29) is 28.4 Å². The molecule has 3 aliphatic carbocycles. The topological polar surface area (TPSA) is 145 Å². The summed E-state index contributed by atoms with van der Waals surface area (Å²) >= 11 is 0. The second kappa shape index (κ2) is 9.71. The van der Waals surface area contributed by atoms with E-state index in [9.17, 15) is 27.4 Å². The molecule has 0 N–H and O–H groups in total. The maximum atomic E-state index is 14.0. The molecule has 10 rings (SSSR count). The molecule has 0 radical (unpaired) electrons. The zero-order chi connectivity index (χ0) is 31.5. The molecule has 0 spiro atoms. The van der Waals surface area contributed by atoms with Gasteiger partial charge in [0.1, 0.15) is 39.9 Å². The van der Waals surface area contributed by atoms with Crippen molar-refractivity contribution >= 4 is 38.8 Å². The molecule has 11 heteroatoms. The van der Waals surface area contributed by atoms with Crippen molar-refractivity contribution in [3.63, 3.8) is 0 Å². The zero-order valence-corrected chi connectivity index (χ0v) is 24.8. The summed E-state index contributed by atoms with van der Waals surface area (Å²) < 4.78 is 59.1. The van der Waals surface area contributed by atoms with Crippen LogP contribution in [0.25, 0.3) is 10.8 Å². The normalized spacial score (nSPS) is 31.3. The quantitative estimate of drug-likeness (QED) is 0.180. The van der Waals surface area contributed by atoms with E-state index in [0.717, 1.165) is 17.2 Å². The van der Waals surface area contributed by atoms with E-state index >= 15 is 0 Å². The molecule has 4 aromatic carbocycles. The summed E-state index contributed by atoms with van der Waals surface area (Å²) in [4.78, 5) is 40.3. The Labute approximate surface area is 263 Å². The lowest BCUT2D eigenvalue weighted by Crippen LogP contribution is -2.49. The van der Waals surface area contributed by atoms with Gasteiger partial charge in [-0.05, 0) is 40.8 Å². The van der Waals surface area contributed by atoms with Crippen LogP contribution in [0, 0.1) is 17.8 Å². The van der Waals surface area contributed by atoms with Crippen molar-refractivity contribution in [3.8, 4) is 5.75 Å². The van der Waals surface area contributed by atoms with Gasteiger partial charge in [0, 0.05) is 22.6 Å². The molecule has 3 aliphatic heterocycles. The maximum absolute atomic E-state index is 14.0. The van der Waals surface area contributed by atoms with E-state index in [1.165, 1.54) is 29.3 Å². The summed E-state index contributed by atoms with van der Waals surface area (Å²) in [5.41, 5.74) is 4.62. The van der Waals surface area contributed by atoms with E-state index in [0.29, 0.717) is 6.42 Å². The van der Waals surface area contributed by atoms with Crippen LogP contribution in [-0.2, 0) is 38.7 Å². The minimum absolute atomic E-state index is 0.0165. The minimum atomic E-state index is -4.80. The van der Waals surface area contributed by atoms with Crippen LogP contribution < -0.4 is 4.74 Å². The predicted octanol–water partition coefficient (Wildman–Crippen LogP) is 3.80. The van der Waals surface area contributed by atoms with Gasteiger partial charge in [-0.3, -0.25) is 14.4 Å². The van der Waals surface area contributed by atoms with Crippen LogP contribution in [-0.4, -0.2) is 55.3 Å². The summed E-state index contributed by atoms with van der Waals surface area (Å²) in [6.07, 6.45) is -3.02. The Morgan fingerprint density at radius 1 is 0.761 bits per heavy atom. The number of benzene rings is 4. The molecule has 3 heterocycles. The van der Waals surface area contributed by atoms with Crippen molar-refractivity contribution in [2.75, 3.05) is 0 Å². The predicted molar refractivity (Wildman–Crippen MR) is 158 cm³/mol. The highest BCUT2D eigenvalue weighted by Gasteiger charge is 2.72. The number of carbonyl (C=O) groups excluding carboxylic acids is 3. The molecular weight excluding hydrogens is 612 g/mol. The molecule has 4 bridgehead atoms. The molecule has 3 saturated heterocycles. The van der Waals surface area contributed by atoms with Gasteiger partial charge in [0.15, 0.2) is 12.2 Å². The summed E-state index contributed by atoms with van der Waals surface area (Å²) in [5, 5.41) is 0.337. The first kappa shape index (κ1) is 27.7. The molecule has 0 amide bonds. The maximum Gasteiger partial charge on any atom is 0.318 e. The molecule has 0 aromatic heterocycles. The first-order chi connectivity index (χ1) is 22.2. The van der Waals surface area contributed by atoms with Crippen LogP contribution in [0.15, 0.2) is 89.8 Å². The van der Waals surface area contributed by atoms with Crippen LogP contribution in [0.4, 0.5) is 0 Å². The molecule has 3 fully saturated rings. The summed E-state index contributed by atoms with van der Waals surface area (Å²) in [6.45, 7) is 0. The van der Waals surface area contributed by atoms with Crippen molar-refractivity contribution in [1.29, 1.82) is 0 Å². The van der Waals surface area contributed by atoms with E-state index in [1.54, 1.807) is 12.1 Å². The van der Waals surface area contributed by atoms with E-state index < -0.39 is 75.1 Å². The third kappa shape index (κ3) is 3.82.